The molecule has 0 amide bonds. The number of benzene rings is 5. The number of pyridine rings is 2. The average molecular weight is 776 g/mol. The summed E-state index contributed by atoms with van der Waals surface area (Å²) in [7, 11) is 0. The van der Waals surface area contributed by atoms with E-state index in [9.17, 15) is 5.11 Å². The predicted molar refractivity (Wildman–Crippen MR) is 181 cm³/mol. The van der Waals surface area contributed by atoms with Crippen LogP contribution in [0, 0.1) is 6.07 Å². The first kappa shape index (κ1) is 29.2. The molecule has 46 heavy (non-hydrogen) atoms. The molecule has 3 aromatic heterocycles. The molecule has 3 heterocycles. The summed E-state index contributed by atoms with van der Waals surface area (Å²) in [6, 6.07) is 51.3. The molecular weight excluding hydrogens is 750 g/mol. The Morgan fingerprint density at radius 2 is 1.37 bits per heavy atom. The van der Waals surface area contributed by atoms with Crippen LogP contribution in [0.25, 0.3) is 55.6 Å². The van der Waals surface area contributed by atoms with E-state index in [4.69, 9.17) is 14.4 Å². The van der Waals surface area contributed by atoms with Crippen LogP contribution in [0.3, 0.4) is 0 Å². The van der Waals surface area contributed by atoms with Crippen LogP contribution < -0.4 is 4.90 Å². The van der Waals surface area contributed by atoms with Crippen molar-refractivity contribution >= 4 is 39.1 Å². The second kappa shape index (κ2) is 12.5. The summed E-state index contributed by atoms with van der Waals surface area (Å²) in [5.74, 6) is 0.916. The van der Waals surface area contributed by atoms with Crippen molar-refractivity contribution in [3.05, 3.63) is 158 Å². The SMILES string of the molecule is Oc1ccccc1-c1cc(-c2ccccc2)cc(-c2[c-]c(N(c3ccccn3)c3cccc4c3oc3ccccc34)ccc2)n1.[Pt]. The number of aromatic hydroxyl groups is 1. The molecule has 8 aromatic rings. The van der Waals surface area contributed by atoms with Gasteiger partial charge in [-0.25, -0.2) is 4.98 Å². The monoisotopic (exact) mass is 775 g/mol. The van der Waals surface area contributed by atoms with Gasteiger partial charge in [-0.2, -0.15) is 0 Å². The summed E-state index contributed by atoms with van der Waals surface area (Å²) in [4.78, 5) is 11.8. The van der Waals surface area contributed by atoms with Crippen molar-refractivity contribution in [3.8, 4) is 39.4 Å². The quantitative estimate of drug-likeness (QED) is 0.171. The maximum absolute atomic E-state index is 10.7. The molecule has 0 fully saturated rings. The molecule has 0 saturated carbocycles. The zero-order valence-electron chi connectivity index (χ0n) is 24.4. The van der Waals surface area contributed by atoms with E-state index >= 15 is 0 Å². The summed E-state index contributed by atoms with van der Waals surface area (Å²) in [5.41, 5.74) is 8.18. The fraction of sp³-hybridized carbons (Fsp3) is 0. The number of aromatic nitrogens is 2. The molecular formula is C40H26N3O2Pt-. The Balaban J connectivity index is 0.00000338. The number of anilines is 3. The van der Waals surface area contributed by atoms with Gasteiger partial charge < -0.3 is 14.4 Å². The van der Waals surface area contributed by atoms with Crippen molar-refractivity contribution in [2.24, 2.45) is 0 Å². The maximum atomic E-state index is 10.7. The van der Waals surface area contributed by atoms with Crippen LogP contribution in [0.5, 0.6) is 5.75 Å². The van der Waals surface area contributed by atoms with Gasteiger partial charge >= 0.3 is 0 Å². The van der Waals surface area contributed by atoms with Gasteiger partial charge in [0, 0.05) is 43.6 Å². The summed E-state index contributed by atoms with van der Waals surface area (Å²) < 4.78 is 6.44. The normalized spacial score (nSPS) is 11.0. The Morgan fingerprint density at radius 3 is 2.22 bits per heavy atom. The number of rotatable bonds is 6. The van der Waals surface area contributed by atoms with Crippen molar-refractivity contribution in [1.82, 2.24) is 9.97 Å². The molecule has 0 atom stereocenters. The van der Waals surface area contributed by atoms with Gasteiger partial charge in [-0.3, -0.25) is 4.98 Å². The van der Waals surface area contributed by atoms with E-state index in [1.54, 1.807) is 12.3 Å². The number of furan rings is 1. The van der Waals surface area contributed by atoms with Crippen LogP contribution in [-0.2, 0) is 21.1 Å². The minimum absolute atomic E-state index is 0. The summed E-state index contributed by atoms with van der Waals surface area (Å²) in [5, 5.41) is 12.8. The molecule has 0 radical (unpaired) electrons. The Hall–Kier alpha value is -5.51. The molecule has 0 spiro atoms. The van der Waals surface area contributed by atoms with Gasteiger partial charge in [-0.05, 0) is 65.0 Å². The van der Waals surface area contributed by atoms with Gasteiger partial charge in [-0.1, -0.05) is 84.9 Å². The Morgan fingerprint density at radius 1 is 0.630 bits per heavy atom. The van der Waals surface area contributed by atoms with Crippen LogP contribution in [0.15, 0.2) is 156 Å². The fourth-order valence-electron chi connectivity index (χ4n) is 5.80. The van der Waals surface area contributed by atoms with Crippen molar-refractivity contribution in [3.63, 3.8) is 0 Å². The van der Waals surface area contributed by atoms with Crippen LogP contribution >= 0.6 is 0 Å². The Kier molecular flexibility index (Phi) is 7.92. The number of phenols is 1. The molecule has 5 nitrogen and oxygen atoms in total. The first-order chi connectivity index (χ1) is 22.2. The second-order valence-corrected chi connectivity index (χ2v) is 10.7. The van der Waals surface area contributed by atoms with Crippen molar-refractivity contribution in [2.75, 3.05) is 4.90 Å². The summed E-state index contributed by atoms with van der Waals surface area (Å²) in [6.07, 6.45) is 1.79. The van der Waals surface area contributed by atoms with Gasteiger partial charge in [0.25, 0.3) is 0 Å². The topological polar surface area (TPSA) is 62.4 Å². The Bertz CT molecular complexity index is 2300. The number of hydrogen-bond acceptors (Lipinski definition) is 5. The largest absolute Gasteiger partial charge is 0.507 e. The van der Waals surface area contributed by atoms with E-state index in [-0.39, 0.29) is 26.8 Å². The van der Waals surface area contributed by atoms with Crippen LogP contribution in [0.4, 0.5) is 17.2 Å². The number of hydrogen-bond donors (Lipinski definition) is 1. The van der Waals surface area contributed by atoms with Gasteiger partial charge in [0.15, 0.2) is 5.58 Å². The Labute approximate surface area is 280 Å². The van der Waals surface area contributed by atoms with Crippen molar-refractivity contribution < 1.29 is 30.6 Å². The molecule has 0 aliphatic rings. The van der Waals surface area contributed by atoms with Gasteiger partial charge in [0.1, 0.15) is 17.2 Å². The van der Waals surface area contributed by atoms with E-state index in [1.165, 1.54) is 0 Å². The number of fused-ring (bicyclic) bond motifs is 3. The summed E-state index contributed by atoms with van der Waals surface area (Å²) >= 11 is 0. The van der Waals surface area contributed by atoms with E-state index in [0.717, 1.165) is 61.5 Å². The molecule has 0 bridgehead atoms. The maximum Gasteiger partial charge on any atom is 0.159 e. The van der Waals surface area contributed by atoms with Gasteiger partial charge in [0.05, 0.1) is 11.4 Å². The van der Waals surface area contributed by atoms with E-state index in [2.05, 4.69) is 41.3 Å². The zero-order chi connectivity index (χ0) is 30.2. The molecule has 224 valence electrons. The second-order valence-electron chi connectivity index (χ2n) is 10.7. The molecule has 0 saturated heterocycles. The predicted octanol–water partition coefficient (Wildman–Crippen LogP) is 10.4. The molecule has 0 aliphatic heterocycles. The van der Waals surface area contributed by atoms with Crippen LogP contribution in [0.1, 0.15) is 0 Å². The number of nitrogens with zero attached hydrogens (tertiary/aromatic N) is 3. The van der Waals surface area contributed by atoms with E-state index < -0.39 is 0 Å². The summed E-state index contributed by atoms with van der Waals surface area (Å²) in [6.45, 7) is 0. The van der Waals surface area contributed by atoms with Crippen LogP contribution in [-0.4, -0.2) is 15.1 Å². The molecule has 1 N–H and O–H groups in total. The molecule has 0 aliphatic carbocycles. The molecule has 0 unspecified atom stereocenters. The molecule has 6 heteroatoms. The minimum atomic E-state index is 0. The molecule has 8 rings (SSSR count). The third-order valence-electron chi connectivity index (χ3n) is 7.91. The van der Waals surface area contributed by atoms with Crippen molar-refractivity contribution in [2.45, 2.75) is 0 Å². The molecule has 5 aromatic carbocycles. The van der Waals surface area contributed by atoms with Crippen molar-refractivity contribution in [1.29, 1.82) is 0 Å². The average Bonchev–Trinajstić information content (AvgIpc) is 3.49. The third kappa shape index (κ3) is 5.36. The zero-order valence-corrected chi connectivity index (χ0v) is 26.7. The first-order valence-corrected chi connectivity index (χ1v) is 14.7. The van der Waals surface area contributed by atoms with E-state index in [0.29, 0.717) is 11.3 Å². The van der Waals surface area contributed by atoms with Gasteiger partial charge in [0.2, 0.25) is 0 Å². The first-order valence-electron chi connectivity index (χ1n) is 14.7. The fourth-order valence-corrected chi connectivity index (χ4v) is 5.80. The minimum Gasteiger partial charge on any atom is -0.507 e. The smallest absolute Gasteiger partial charge is 0.159 e. The van der Waals surface area contributed by atoms with Crippen LogP contribution in [0.2, 0.25) is 0 Å². The van der Waals surface area contributed by atoms with Gasteiger partial charge in [-0.15, -0.1) is 29.8 Å². The number of phenolic OH excluding ortho intramolecular Hbond substituents is 1. The van der Waals surface area contributed by atoms with E-state index in [1.807, 2.05) is 109 Å². The standard InChI is InChI=1S/C40H26N3O2.Pt/c44-37-20-6-4-17-33(37)35-26-29(27-12-2-1-3-13-27)25-34(42-35)28-14-10-15-30(24-28)43(39-22-8-9-23-41-39)36-19-11-18-32-31-16-5-7-21-38(31)45-40(32)36;/h1-23,25-26,44H;/q-1;. The third-order valence-corrected chi connectivity index (χ3v) is 7.91. The number of para-hydroxylation sites is 3.